The first-order valence-electron chi connectivity index (χ1n) is 5.86. The molecule has 1 heterocycles. The highest BCUT2D eigenvalue weighted by Gasteiger charge is 2.53. The molecule has 3 heteroatoms. The lowest BCUT2D eigenvalue weighted by Gasteiger charge is -2.11. The molecule has 3 N–H and O–H groups in total. The molecule has 1 fully saturated rings. The summed E-state index contributed by atoms with van der Waals surface area (Å²) in [6.07, 6.45) is 2.02. The highest BCUT2D eigenvalue weighted by molar-refractivity contribution is 5.43. The minimum absolute atomic E-state index is 0.0479. The van der Waals surface area contributed by atoms with Crippen molar-refractivity contribution in [3.05, 3.63) is 29.3 Å². The fourth-order valence-electron chi connectivity index (χ4n) is 2.71. The number of hydrogen-bond donors (Lipinski definition) is 2. The molecule has 1 aliphatic carbocycles. The van der Waals surface area contributed by atoms with Crippen LogP contribution >= 0.6 is 0 Å². The van der Waals surface area contributed by atoms with E-state index in [2.05, 4.69) is 18.2 Å². The average molecular weight is 219 g/mol. The van der Waals surface area contributed by atoms with Gasteiger partial charge in [-0.05, 0) is 29.5 Å². The van der Waals surface area contributed by atoms with Gasteiger partial charge in [0.15, 0.2) is 0 Å². The number of aliphatic hydroxyl groups is 1. The minimum atomic E-state index is -0.0479. The summed E-state index contributed by atoms with van der Waals surface area (Å²) in [6.45, 7) is 1.56. The Balaban J connectivity index is 1.87. The van der Waals surface area contributed by atoms with E-state index in [9.17, 15) is 5.11 Å². The molecule has 3 nitrogen and oxygen atoms in total. The molecular formula is C13H17NO2. The smallest absolute Gasteiger partial charge is 0.122 e. The Morgan fingerprint density at radius 1 is 1.50 bits per heavy atom. The Hall–Kier alpha value is -1.06. The molecule has 0 aromatic heterocycles. The van der Waals surface area contributed by atoms with Crippen LogP contribution in [-0.4, -0.2) is 24.9 Å². The summed E-state index contributed by atoms with van der Waals surface area (Å²) in [5, 5.41) is 9.38. The highest BCUT2D eigenvalue weighted by Crippen LogP contribution is 2.58. The van der Waals surface area contributed by atoms with Crippen LogP contribution in [0.2, 0.25) is 0 Å². The maximum absolute atomic E-state index is 9.38. The zero-order chi connectivity index (χ0) is 11.2. The van der Waals surface area contributed by atoms with Crippen LogP contribution in [0, 0.1) is 5.41 Å². The lowest BCUT2D eigenvalue weighted by atomic mass is 9.98. The van der Waals surface area contributed by atoms with E-state index in [0.717, 1.165) is 25.2 Å². The van der Waals surface area contributed by atoms with Gasteiger partial charge in [0.25, 0.3) is 0 Å². The Labute approximate surface area is 95.2 Å². The highest BCUT2D eigenvalue weighted by atomic mass is 16.5. The van der Waals surface area contributed by atoms with Crippen molar-refractivity contribution in [2.75, 3.05) is 19.8 Å². The summed E-state index contributed by atoms with van der Waals surface area (Å²) in [6, 6.07) is 6.39. The van der Waals surface area contributed by atoms with E-state index in [4.69, 9.17) is 10.5 Å². The largest absolute Gasteiger partial charge is 0.493 e. The SMILES string of the molecule is NC[C@]1(CO)C[C@H]1c1ccc2c(c1)CCO2. The molecule has 1 aromatic carbocycles. The molecule has 0 amide bonds. The molecule has 1 aliphatic heterocycles. The topological polar surface area (TPSA) is 55.5 Å². The van der Waals surface area contributed by atoms with Gasteiger partial charge >= 0.3 is 0 Å². The van der Waals surface area contributed by atoms with E-state index >= 15 is 0 Å². The average Bonchev–Trinajstić information content (AvgIpc) is 2.89. The zero-order valence-electron chi connectivity index (χ0n) is 9.28. The number of nitrogens with two attached hydrogens (primary N) is 1. The van der Waals surface area contributed by atoms with Gasteiger partial charge < -0.3 is 15.6 Å². The molecule has 0 bridgehead atoms. The molecule has 2 aliphatic rings. The third-order valence-electron chi connectivity index (χ3n) is 4.03. The molecule has 0 spiro atoms. The van der Waals surface area contributed by atoms with Gasteiger partial charge in [0.05, 0.1) is 13.2 Å². The van der Waals surface area contributed by atoms with Crippen molar-refractivity contribution in [3.8, 4) is 5.75 Å². The van der Waals surface area contributed by atoms with Crippen LogP contribution in [0.4, 0.5) is 0 Å². The number of benzene rings is 1. The normalized spacial score (nSPS) is 31.0. The van der Waals surface area contributed by atoms with Gasteiger partial charge in [-0.1, -0.05) is 12.1 Å². The first kappa shape index (κ1) is 10.1. The second kappa shape index (κ2) is 3.47. The lowest BCUT2D eigenvalue weighted by Crippen LogP contribution is -2.21. The fourth-order valence-corrected chi connectivity index (χ4v) is 2.71. The van der Waals surface area contributed by atoms with E-state index < -0.39 is 0 Å². The van der Waals surface area contributed by atoms with Crippen molar-refractivity contribution in [1.82, 2.24) is 0 Å². The van der Waals surface area contributed by atoms with Crippen LogP contribution in [-0.2, 0) is 6.42 Å². The van der Waals surface area contributed by atoms with Gasteiger partial charge in [0.1, 0.15) is 5.75 Å². The molecule has 0 unspecified atom stereocenters. The van der Waals surface area contributed by atoms with Gasteiger partial charge in [0.2, 0.25) is 0 Å². The summed E-state index contributed by atoms with van der Waals surface area (Å²) in [7, 11) is 0. The van der Waals surface area contributed by atoms with Crippen molar-refractivity contribution >= 4 is 0 Å². The van der Waals surface area contributed by atoms with Gasteiger partial charge in [-0.2, -0.15) is 0 Å². The first-order chi connectivity index (χ1) is 7.79. The second-order valence-electron chi connectivity index (χ2n) is 4.95. The number of hydrogen-bond acceptors (Lipinski definition) is 3. The molecular weight excluding hydrogens is 202 g/mol. The molecule has 3 rings (SSSR count). The second-order valence-corrected chi connectivity index (χ2v) is 4.95. The molecule has 0 saturated heterocycles. The zero-order valence-corrected chi connectivity index (χ0v) is 9.28. The van der Waals surface area contributed by atoms with E-state index in [1.165, 1.54) is 11.1 Å². The Kier molecular flexibility index (Phi) is 2.19. The molecule has 1 saturated carbocycles. The molecule has 0 radical (unpaired) electrons. The van der Waals surface area contributed by atoms with Crippen LogP contribution in [0.3, 0.4) is 0 Å². The van der Waals surface area contributed by atoms with Gasteiger partial charge in [-0.25, -0.2) is 0 Å². The van der Waals surface area contributed by atoms with Crippen LogP contribution in [0.15, 0.2) is 18.2 Å². The number of rotatable bonds is 3. The van der Waals surface area contributed by atoms with Crippen molar-refractivity contribution in [1.29, 1.82) is 0 Å². The molecule has 86 valence electrons. The summed E-state index contributed by atoms with van der Waals surface area (Å²) < 4.78 is 5.48. The summed E-state index contributed by atoms with van der Waals surface area (Å²) >= 11 is 0. The predicted molar refractivity (Wildman–Crippen MR) is 61.6 cm³/mol. The van der Waals surface area contributed by atoms with Crippen LogP contribution in [0.5, 0.6) is 5.75 Å². The third-order valence-corrected chi connectivity index (χ3v) is 4.03. The van der Waals surface area contributed by atoms with E-state index in [1.54, 1.807) is 0 Å². The summed E-state index contributed by atoms with van der Waals surface area (Å²) in [4.78, 5) is 0. The quantitative estimate of drug-likeness (QED) is 0.798. The van der Waals surface area contributed by atoms with E-state index in [1.807, 2.05) is 0 Å². The summed E-state index contributed by atoms with van der Waals surface area (Å²) in [5.74, 6) is 1.46. The monoisotopic (exact) mass is 219 g/mol. The van der Waals surface area contributed by atoms with Crippen LogP contribution < -0.4 is 10.5 Å². The molecule has 16 heavy (non-hydrogen) atoms. The maximum Gasteiger partial charge on any atom is 0.122 e. The Morgan fingerprint density at radius 2 is 2.38 bits per heavy atom. The third kappa shape index (κ3) is 1.35. The number of fused-ring (bicyclic) bond motifs is 1. The Bertz CT molecular complexity index is 412. The lowest BCUT2D eigenvalue weighted by molar-refractivity contribution is 0.211. The minimum Gasteiger partial charge on any atom is -0.493 e. The maximum atomic E-state index is 9.38. The van der Waals surface area contributed by atoms with Crippen molar-refractivity contribution in [2.45, 2.75) is 18.8 Å². The van der Waals surface area contributed by atoms with Crippen molar-refractivity contribution in [3.63, 3.8) is 0 Å². The first-order valence-corrected chi connectivity index (χ1v) is 5.86. The van der Waals surface area contributed by atoms with Crippen molar-refractivity contribution < 1.29 is 9.84 Å². The summed E-state index contributed by atoms with van der Waals surface area (Å²) in [5.41, 5.74) is 8.30. The van der Waals surface area contributed by atoms with Gasteiger partial charge in [0, 0.05) is 18.4 Å². The molecule has 1 aromatic rings. The number of ether oxygens (including phenoxy) is 1. The number of aliphatic hydroxyl groups excluding tert-OH is 1. The molecule has 2 atom stereocenters. The standard InChI is InChI=1S/C13H17NO2/c14-7-13(8-15)6-11(13)9-1-2-12-10(5-9)3-4-16-12/h1-2,5,11,15H,3-4,6-8,14H2/t11-,13-/m0/s1. The van der Waals surface area contributed by atoms with E-state index in [0.29, 0.717) is 12.5 Å². The van der Waals surface area contributed by atoms with Gasteiger partial charge in [-0.3, -0.25) is 0 Å². The fraction of sp³-hybridized carbons (Fsp3) is 0.538. The van der Waals surface area contributed by atoms with Crippen LogP contribution in [0.1, 0.15) is 23.5 Å². The Morgan fingerprint density at radius 3 is 3.06 bits per heavy atom. The predicted octanol–water partition coefficient (Wildman–Crippen LogP) is 1.05. The van der Waals surface area contributed by atoms with Crippen LogP contribution in [0.25, 0.3) is 0 Å². The van der Waals surface area contributed by atoms with Gasteiger partial charge in [-0.15, -0.1) is 0 Å². The van der Waals surface area contributed by atoms with Crippen molar-refractivity contribution in [2.24, 2.45) is 11.1 Å². The van der Waals surface area contributed by atoms with E-state index in [-0.39, 0.29) is 12.0 Å².